The Hall–Kier alpha value is -1.73. The number of furan rings is 1. The highest BCUT2D eigenvalue weighted by Crippen LogP contribution is 2.24. The van der Waals surface area contributed by atoms with Gasteiger partial charge in [-0.05, 0) is 62.9 Å². The molecule has 2 aliphatic heterocycles. The maximum Gasteiger partial charge on any atom is 0.129 e. The van der Waals surface area contributed by atoms with Gasteiger partial charge in [0, 0.05) is 38.9 Å². The van der Waals surface area contributed by atoms with Gasteiger partial charge >= 0.3 is 0 Å². The van der Waals surface area contributed by atoms with E-state index in [1.54, 1.807) is 19.2 Å². The van der Waals surface area contributed by atoms with Crippen LogP contribution in [0.2, 0.25) is 0 Å². The Morgan fingerprint density at radius 2 is 1.87 bits per heavy atom. The number of hydrogen-bond acceptors (Lipinski definition) is 5. The minimum absolute atomic E-state index is 0.0985. The van der Waals surface area contributed by atoms with Crippen LogP contribution in [0.4, 0.5) is 4.39 Å². The molecule has 2 aliphatic rings. The smallest absolute Gasteiger partial charge is 0.129 e. The molecular weight excluding hydrogens is 395 g/mol. The van der Waals surface area contributed by atoms with Crippen LogP contribution in [0.1, 0.15) is 42.8 Å². The van der Waals surface area contributed by atoms with Gasteiger partial charge in [-0.2, -0.15) is 0 Å². The highest BCUT2D eigenvalue weighted by molar-refractivity contribution is 5.17. The molecule has 0 amide bonds. The SMILES string of the molecule is COCc1ccc(CN(CC2CCN(Cc3ccccc3F)CC2)CC2CCCO2)o1. The molecule has 2 fully saturated rings. The van der Waals surface area contributed by atoms with Crippen LogP contribution in [0.25, 0.3) is 0 Å². The minimum Gasteiger partial charge on any atom is -0.462 e. The molecule has 4 rings (SSSR count). The highest BCUT2D eigenvalue weighted by atomic mass is 19.1. The fraction of sp³-hybridized carbons (Fsp3) is 0.600. The fourth-order valence-corrected chi connectivity index (χ4v) is 4.79. The molecule has 170 valence electrons. The highest BCUT2D eigenvalue weighted by Gasteiger charge is 2.25. The zero-order valence-corrected chi connectivity index (χ0v) is 18.6. The summed E-state index contributed by atoms with van der Waals surface area (Å²) in [4.78, 5) is 4.88. The van der Waals surface area contributed by atoms with Crippen molar-refractivity contribution in [1.82, 2.24) is 9.80 Å². The average molecular weight is 431 g/mol. The van der Waals surface area contributed by atoms with Crippen LogP contribution in [0.3, 0.4) is 0 Å². The van der Waals surface area contributed by atoms with Crippen LogP contribution >= 0.6 is 0 Å². The Kier molecular flexibility index (Phi) is 8.14. The zero-order valence-electron chi connectivity index (χ0n) is 18.6. The molecule has 1 aromatic heterocycles. The molecule has 0 spiro atoms. The van der Waals surface area contributed by atoms with Crippen molar-refractivity contribution in [3.63, 3.8) is 0 Å². The largest absolute Gasteiger partial charge is 0.462 e. The van der Waals surface area contributed by atoms with Crippen molar-refractivity contribution < 1.29 is 18.3 Å². The van der Waals surface area contributed by atoms with E-state index < -0.39 is 0 Å². The predicted octanol–water partition coefficient (Wildman–Crippen LogP) is 4.46. The van der Waals surface area contributed by atoms with Gasteiger partial charge in [0.15, 0.2) is 0 Å². The van der Waals surface area contributed by atoms with Gasteiger partial charge in [0.05, 0.1) is 12.6 Å². The molecule has 0 radical (unpaired) electrons. The molecule has 1 unspecified atom stereocenters. The summed E-state index contributed by atoms with van der Waals surface area (Å²) in [5, 5.41) is 0. The Labute approximate surface area is 185 Å². The fourth-order valence-electron chi connectivity index (χ4n) is 4.79. The zero-order chi connectivity index (χ0) is 21.5. The van der Waals surface area contributed by atoms with Crippen molar-refractivity contribution in [2.75, 3.05) is 39.9 Å². The summed E-state index contributed by atoms with van der Waals surface area (Å²) in [6.07, 6.45) is 4.92. The maximum absolute atomic E-state index is 14.0. The van der Waals surface area contributed by atoms with Gasteiger partial charge in [-0.25, -0.2) is 4.39 Å². The molecule has 0 bridgehead atoms. The van der Waals surface area contributed by atoms with Crippen LogP contribution < -0.4 is 0 Å². The van der Waals surface area contributed by atoms with Crippen molar-refractivity contribution >= 4 is 0 Å². The number of ether oxygens (including phenoxy) is 2. The van der Waals surface area contributed by atoms with E-state index in [-0.39, 0.29) is 5.82 Å². The number of halogens is 1. The van der Waals surface area contributed by atoms with Crippen molar-refractivity contribution in [2.24, 2.45) is 5.92 Å². The van der Waals surface area contributed by atoms with E-state index >= 15 is 0 Å². The number of likely N-dealkylation sites (tertiary alicyclic amines) is 1. The minimum atomic E-state index is -0.0985. The van der Waals surface area contributed by atoms with Crippen LogP contribution in [-0.2, 0) is 29.2 Å². The molecule has 1 aromatic carbocycles. The summed E-state index contributed by atoms with van der Waals surface area (Å²) in [6, 6.07) is 11.2. The molecule has 3 heterocycles. The molecule has 0 aliphatic carbocycles. The lowest BCUT2D eigenvalue weighted by molar-refractivity contribution is 0.0538. The van der Waals surface area contributed by atoms with Gasteiger partial charge in [0.25, 0.3) is 0 Å². The van der Waals surface area contributed by atoms with E-state index in [0.717, 1.165) is 82.1 Å². The number of benzene rings is 1. The Bertz CT molecular complexity index is 798. The quantitative estimate of drug-likeness (QED) is 0.556. The third-order valence-corrected chi connectivity index (χ3v) is 6.44. The van der Waals surface area contributed by atoms with Crippen molar-refractivity contribution in [3.05, 3.63) is 59.3 Å². The molecule has 1 atom stereocenters. The molecule has 6 heteroatoms. The van der Waals surface area contributed by atoms with E-state index in [4.69, 9.17) is 13.9 Å². The summed E-state index contributed by atoms with van der Waals surface area (Å²) >= 11 is 0. The lowest BCUT2D eigenvalue weighted by Gasteiger charge is -2.35. The molecule has 31 heavy (non-hydrogen) atoms. The molecule has 2 saturated heterocycles. The first-order valence-electron chi connectivity index (χ1n) is 11.6. The van der Waals surface area contributed by atoms with E-state index in [9.17, 15) is 4.39 Å². The average Bonchev–Trinajstić information content (AvgIpc) is 3.44. The number of piperidine rings is 1. The van der Waals surface area contributed by atoms with E-state index in [2.05, 4.69) is 15.9 Å². The molecule has 5 nitrogen and oxygen atoms in total. The van der Waals surface area contributed by atoms with Gasteiger partial charge in [-0.15, -0.1) is 0 Å². The summed E-state index contributed by atoms with van der Waals surface area (Å²) in [7, 11) is 1.68. The summed E-state index contributed by atoms with van der Waals surface area (Å²) in [6.45, 7) is 6.94. The summed E-state index contributed by atoms with van der Waals surface area (Å²) < 4.78 is 31.0. The lowest BCUT2D eigenvalue weighted by Crippen LogP contribution is -2.40. The van der Waals surface area contributed by atoms with Gasteiger partial charge < -0.3 is 13.9 Å². The summed E-state index contributed by atoms with van der Waals surface area (Å²) in [5.74, 6) is 2.41. The number of rotatable bonds is 10. The standard InChI is InChI=1S/C25H35FN2O3/c1-29-19-24-9-8-23(31-24)18-28(17-22-6-4-14-30-22)15-20-10-12-27(13-11-20)16-21-5-2-3-7-25(21)26/h2-3,5,7-9,20,22H,4,6,10-19H2,1H3. The van der Waals surface area contributed by atoms with Crippen LogP contribution in [0.15, 0.2) is 40.8 Å². The molecule has 0 N–H and O–H groups in total. The van der Waals surface area contributed by atoms with Gasteiger partial charge in [0.2, 0.25) is 0 Å². The van der Waals surface area contributed by atoms with E-state index in [1.165, 1.54) is 0 Å². The van der Waals surface area contributed by atoms with Gasteiger partial charge in [0.1, 0.15) is 23.9 Å². The Morgan fingerprint density at radius 1 is 1.06 bits per heavy atom. The first-order valence-corrected chi connectivity index (χ1v) is 11.6. The van der Waals surface area contributed by atoms with Crippen molar-refractivity contribution in [2.45, 2.75) is 51.5 Å². The van der Waals surface area contributed by atoms with E-state index in [0.29, 0.717) is 25.2 Å². The lowest BCUT2D eigenvalue weighted by atomic mass is 9.95. The second-order valence-corrected chi connectivity index (χ2v) is 8.94. The normalized spacial score (nSPS) is 20.7. The van der Waals surface area contributed by atoms with Crippen LogP contribution in [0, 0.1) is 11.7 Å². The third kappa shape index (κ3) is 6.62. The second-order valence-electron chi connectivity index (χ2n) is 8.94. The Balaban J connectivity index is 1.30. The van der Waals surface area contributed by atoms with Crippen LogP contribution in [0.5, 0.6) is 0 Å². The number of hydrogen-bond donors (Lipinski definition) is 0. The molecular formula is C25H35FN2O3. The maximum atomic E-state index is 14.0. The molecule has 2 aromatic rings. The van der Waals surface area contributed by atoms with Crippen molar-refractivity contribution in [3.8, 4) is 0 Å². The van der Waals surface area contributed by atoms with Crippen molar-refractivity contribution in [1.29, 1.82) is 0 Å². The van der Waals surface area contributed by atoms with Gasteiger partial charge in [-0.1, -0.05) is 18.2 Å². The first-order chi connectivity index (χ1) is 15.2. The first kappa shape index (κ1) is 22.5. The third-order valence-electron chi connectivity index (χ3n) is 6.44. The van der Waals surface area contributed by atoms with E-state index in [1.807, 2.05) is 18.2 Å². The Morgan fingerprint density at radius 3 is 2.61 bits per heavy atom. The van der Waals surface area contributed by atoms with Crippen LogP contribution in [-0.4, -0.2) is 55.8 Å². The topological polar surface area (TPSA) is 38.1 Å². The number of methoxy groups -OCH3 is 1. The predicted molar refractivity (Wildman–Crippen MR) is 118 cm³/mol. The second kappa shape index (κ2) is 11.2. The summed E-state index contributed by atoms with van der Waals surface area (Å²) in [5.41, 5.74) is 0.797. The molecule has 0 saturated carbocycles. The monoisotopic (exact) mass is 430 g/mol. The van der Waals surface area contributed by atoms with Gasteiger partial charge in [-0.3, -0.25) is 9.80 Å². The number of nitrogens with zero attached hydrogens (tertiary/aromatic N) is 2.